The fourth-order valence-electron chi connectivity index (χ4n) is 2.75. The SMILES string of the molecule is COc1ncccc1-c1cccc2c(CCN)c(C(N)=O)nnc12. The number of carbonyl (C=O) groups excluding carboxylic acids is 1. The van der Waals surface area contributed by atoms with Crippen LogP contribution in [0.4, 0.5) is 0 Å². The molecule has 1 amide bonds. The maximum atomic E-state index is 11.6. The van der Waals surface area contributed by atoms with Crippen LogP contribution in [0.15, 0.2) is 36.5 Å². The van der Waals surface area contributed by atoms with E-state index in [0.717, 1.165) is 16.5 Å². The number of amides is 1. The topological polar surface area (TPSA) is 117 Å². The van der Waals surface area contributed by atoms with Gasteiger partial charge in [0.15, 0.2) is 5.69 Å². The molecule has 0 aliphatic carbocycles. The highest BCUT2D eigenvalue weighted by Crippen LogP contribution is 2.33. The standard InChI is InChI=1S/C17H17N5O2/c1-24-17-13(6-3-9-20-17)11-5-2-4-10-12(7-8-18)15(16(19)23)22-21-14(10)11/h2-6,9H,7-8,18H2,1H3,(H2,19,23). The number of hydrogen-bond donors (Lipinski definition) is 2. The minimum atomic E-state index is -0.614. The number of carbonyl (C=O) groups is 1. The molecule has 3 aromatic rings. The van der Waals surface area contributed by atoms with Gasteiger partial charge >= 0.3 is 0 Å². The lowest BCUT2D eigenvalue weighted by Gasteiger charge is -2.12. The Labute approximate surface area is 138 Å². The van der Waals surface area contributed by atoms with Crippen molar-refractivity contribution in [3.63, 3.8) is 0 Å². The summed E-state index contributed by atoms with van der Waals surface area (Å²) in [6.07, 6.45) is 2.14. The average molecular weight is 323 g/mol. The highest BCUT2D eigenvalue weighted by Gasteiger charge is 2.18. The van der Waals surface area contributed by atoms with E-state index in [0.29, 0.717) is 29.9 Å². The Hall–Kier alpha value is -3.06. The fraction of sp³-hybridized carbons (Fsp3) is 0.176. The van der Waals surface area contributed by atoms with Crippen molar-refractivity contribution in [1.29, 1.82) is 0 Å². The smallest absolute Gasteiger partial charge is 0.269 e. The lowest BCUT2D eigenvalue weighted by atomic mass is 9.98. The zero-order chi connectivity index (χ0) is 17.1. The second kappa shape index (κ2) is 6.59. The number of methoxy groups -OCH3 is 1. The van der Waals surface area contributed by atoms with Crippen molar-refractivity contribution < 1.29 is 9.53 Å². The quantitative estimate of drug-likeness (QED) is 0.731. The Balaban J connectivity index is 2.32. The molecule has 0 aliphatic rings. The van der Waals surface area contributed by atoms with Crippen LogP contribution in [0.5, 0.6) is 5.88 Å². The van der Waals surface area contributed by atoms with Crippen molar-refractivity contribution in [2.24, 2.45) is 11.5 Å². The van der Waals surface area contributed by atoms with Gasteiger partial charge in [0.25, 0.3) is 5.91 Å². The Bertz CT molecular complexity index is 911. The first-order chi connectivity index (χ1) is 11.7. The van der Waals surface area contributed by atoms with Gasteiger partial charge in [-0.25, -0.2) is 4.98 Å². The van der Waals surface area contributed by atoms with E-state index in [2.05, 4.69) is 15.2 Å². The number of primary amides is 1. The number of fused-ring (bicyclic) bond motifs is 1. The van der Waals surface area contributed by atoms with Crippen LogP contribution in [0.25, 0.3) is 22.0 Å². The van der Waals surface area contributed by atoms with E-state index in [1.54, 1.807) is 13.3 Å². The number of ether oxygens (including phenoxy) is 1. The number of nitrogens with zero attached hydrogens (tertiary/aromatic N) is 3. The minimum absolute atomic E-state index is 0.156. The first-order valence-corrected chi connectivity index (χ1v) is 7.45. The summed E-state index contributed by atoms with van der Waals surface area (Å²) in [5.41, 5.74) is 14.2. The minimum Gasteiger partial charge on any atom is -0.481 e. The van der Waals surface area contributed by atoms with Gasteiger partial charge in [-0.05, 0) is 30.7 Å². The first-order valence-electron chi connectivity index (χ1n) is 7.45. The van der Waals surface area contributed by atoms with E-state index >= 15 is 0 Å². The molecule has 2 heterocycles. The summed E-state index contributed by atoms with van der Waals surface area (Å²) in [6, 6.07) is 9.40. The molecular weight excluding hydrogens is 306 g/mol. The zero-order valence-corrected chi connectivity index (χ0v) is 13.2. The zero-order valence-electron chi connectivity index (χ0n) is 13.2. The lowest BCUT2D eigenvalue weighted by Crippen LogP contribution is -2.19. The molecule has 0 aliphatic heterocycles. The van der Waals surface area contributed by atoms with Crippen LogP contribution in [0.1, 0.15) is 16.1 Å². The van der Waals surface area contributed by atoms with E-state index in [1.807, 2.05) is 30.3 Å². The normalized spacial score (nSPS) is 10.8. The third-order valence-electron chi connectivity index (χ3n) is 3.78. The van der Waals surface area contributed by atoms with Crippen LogP contribution in [-0.4, -0.2) is 34.7 Å². The monoisotopic (exact) mass is 323 g/mol. The van der Waals surface area contributed by atoms with Gasteiger partial charge in [0.05, 0.1) is 7.11 Å². The van der Waals surface area contributed by atoms with Crippen molar-refractivity contribution in [2.75, 3.05) is 13.7 Å². The highest BCUT2D eigenvalue weighted by atomic mass is 16.5. The molecule has 0 unspecified atom stereocenters. The Kier molecular flexibility index (Phi) is 4.35. The van der Waals surface area contributed by atoms with Gasteiger partial charge < -0.3 is 16.2 Å². The van der Waals surface area contributed by atoms with Crippen LogP contribution < -0.4 is 16.2 Å². The van der Waals surface area contributed by atoms with Crippen LogP contribution in [0, 0.1) is 0 Å². The van der Waals surface area contributed by atoms with E-state index in [-0.39, 0.29) is 5.69 Å². The van der Waals surface area contributed by atoms with Gasteiger partial charge in [-0.15, -0.1) is 10.2 Å². The molecule has 0 saturated heterocycles. The van der Waals surface area contributed by atoms with Crippen LogP contribution in [0.2, 0.25) is 0 Å². The Morgan fingerprint density at radius 2 is 1.96 bits per heavy atom. The van der Waals surface area contributed by atoms with E-state index in [9.17, 15) is 4.79 Å². The number of benzene rings is 1. The first kappa shape index (κ1) is 15.8. The highest BCUT2D eigenvalue weighted by molar-refractivity contribution is 6.01. The summed E-state index contributed by atoms with van der Waals surface area (Å²) in [5, 5.41) is 9.05. The Morgan fingerprint density at radius 3 is 2.67 bits per heavy atom. The molecule has 0 radical (unpaired) electrons. The molecule has 0 spiro atoms. The molecule has 0 atom stereocenters. The van der Waals surface area contributed by atoms with Gasteiger partial charge in [0, 0.05) is 22.7 Å². The molecule has 24 heavy (non-hydrogen) atoms. The molecule has 0 fully saturated rings. The molecule has 4 N–H and O–H groups in total. The van der Waals surface area contributed by atoms with Crippen molar-refractivity contribution >= 4 is 16.8 Å². The summed E-state index contributed by atoms with van der Waals surface area (Å²) >= 11 is 0. The largest absolute Gasteiger partial charge is 0.481 e. The third-order valence-corrected chi connectivity index (χ3v) is 3.78. The number of nitrogens with two attached hydrogens (primary N) is 2. The summed E-state index contributed by atoms with van der Waals surface area (Å²) in [5.74, 6) is -0.122. The molecule has 1 aromatic carbocycles. The summed E-state index contributed by atoms with van der Waals surface area (Å²) < 4.78 is 5.33. The van der Waals surface area contributed by atoms with Crippen molar-refractivity contribution in [1.82, 2.24) is 15.2 Å². The summed E-state index contributed by atoms with van der Waals surface area (Å²) in [7, 11) is 1.56. The number of pyridine rings is 1. The van der Waals surface area contributed by atoms with Gasteiger partial charge in [-0.1, -0.05) is 18.2 Å². The molecule has 2 aromatic heterocycles. The average Bonchev–Trinajstić information content (AvgIpc) is 2.61. The number of hydrogen-bond acceptors (Lipinski definition) is 6. The molecular formula is C17H17N5O2. The molecule has 122 valence electrons. The summed E-state index contributed by atoms with van der Waals surface area (Å²) in [4.78, 5) is 15.9. The molecule has 0 bridgehead atoms. The Morgan fingerprint density at radius 1 is 1.17 bits per heavy atom. The second-order valence-electron chi connectivity index (χ2n) is 5.19. The fourth-order valence-corrected chi connectivity index (χ4v) is 2.75. The predicted octanol–water partition coefficient (Wildman–Crippen LogP) is 1.30. The van der Waals surface area contributed by atoms with Gasteiger partial charge in [-0.3, -0.25) is 4.79 Å². The van der Waals surface area contributed by atoms with Gasteiger partial charge in [0.2, 0.25) is 5.88 Å². The van der Waals surface area contributed by atoms with Crippen LogP contribution >= 0.6 is 0 Å². The maximum absolute atomic E-state index is 11.6. The van der Waals surface area contributed by atoms with Crippen LogP contribution in [-0.2, 0) is 6.42 Å². The summed E-state index contributed by atoms with van der Waals surface area (Å²) in [6.45, 7) is 0.377. The van der Waals surface area contributed by atoms with Gasteiger partial charge in [-0.2, -0.15) is 0 Å². The van der Waals surface area contributed by atoms with E-state index in [1.165, 1.54) is 0 Å². The third kappa shape index (κ3) is 2.65. The predicted molar refractivity (Wildman–Crippen MR) is 90.6 cm³/mol. The van der Waals surface area contributed by atoms with E-state index < -0.39 is 5.91 Å². The second-order valence-corrected chi connectivity index (χ2v) is 5.19. The van der Waals surface area contributed by atoms with Crippen molar-refractivity contribution in [3.05, 3.63) is 47.8 Å². The van der Waals surface area contributed by atoms with Crippen molar-refractivity contribution in [2.45, 2.75) is 6.42 Å². The van der Waals surface area contributed by atoms with Crippen molar-refractivity contribution in [3.8, 4) is 17.0 Å². The molecule has 3 rings (SSSR count). The molecule has 7 heteroatoms. The molecule has 0 saturated carbocycles. The molecule has 7 nitrogen and oxygen atoms in total. The van der Waals surface area contributed by atoms with Crippen LogP contribution in [0.3, 0.4) is 0 Å². The number of rotatable bonds is 5. The number of aromatic nitrogens is 3. The lowest BCUT2D eigenvalue weighted by molar-refractivity contribution is 0.0994. The van der Waals surface area contributed by atoms with Gasteiger partial charge in [0.1, 0.15) is 5.52 Å². The maximum Gasteiger partial charge on any atom is 0.269 e. The van der Waals surface area contributed by atoms with E-state index in [4.69, 9.17) is 16.2 Å².